The average molecular weight is 363 g/mol. The fraction of sp³-hybridized carbons (Fsp3) is 0.182. The molecule has 5 nitrogen and oxygen atoms in total. The molecule has 2 rings (SSSR count). The molecule has 0 spiro atoms. The maximum Gasteiger partial charge on any atom is 0.349 e. The highest BCUT2D eigenvalue weighted by molar-refractivity contribution is 9.10. The zero-order chi connectivity index (χ0) is 13.7. The third-order valence-corrected chi connectivity index (χ3v) is 4.05. The van der Waals surface area contributed by atoms with E-state index in [2.05, 4.69) is 31.2 Å². The summed E-state index contributed by atoms with van der Waals surface area (Å²) in [5, 5.41) is 5.09. The van der Waals surface area contributed by atoms with Crippen LogP contribution in [0.5, 0.6) is 0 Å². The van der Waals surface area contributed by atoms with Gasteiger partial charge in [-0.3, -0.25) is 4.98 Å². The van der Waals surface area contributed by atoms with Gasteiger partial charge in [-0.25, -0.2) is 9.78 Å². The van der Waals surface area contributed by atoms with Gasteiger partial charge < -0.3 is 10.1 Å². The SMILES string of the molecule is O=C(OCCNc1cncc(Cl)n1)c1sccc1Br. The monoisotopic (exact) mass is 361 g/mol. The zero-order valence-corrected chi connectivity index (χ0v) is 12.8. The van der Waals surface area contributed by atoms with Crippen molar-refractivity contribution in [2.75, 3.05) is 18.5 Å². The lowest BCUT2D eigenvalue weighted by Gasteiger charge is -2.06. The number of carbonyl (C=O) groups excluding carboxylic acids is 1. The Labute approximate surface area is 127 Å². The van der Waals surface area contributed by atoms with E-state index in [1.807, 2.05) is 5.38 Å². The first-order valence-electron chi connectivity index (χ1n) is 5.28. The first-order valence-corrected chi connectivity index (χ1v) is 7.33. The quantitative estimate of drug-likeness (QED) is 0.653. The summed E-state index contributed by atoms with van der Waals surface area (Å²) in [6, 6.07) is 1.81. The molecule has 0 aliphatic rings. The van der Waals surface area contributed by atoms with E-state index in [1.54, 1.807) is 12.3 Å². The van der Waals surface area contributed by atoms with Crippen molar-refractivity contribution in [1.82, 2.24) is 9.97 Å². The topological polar surface area (TPSA) is 64.1 Å². The highest BCUT2D eigenvalue weighted by atomic mass is 79.9. The largest absolute Gasteiger partial charge is 0.460 e. The van der Waals surface area contributed by atoms with Gasteiger partial charge in [0.2, 0.25) is 0 Å². The molecule has 0 saturated carbocycles. The van der Waals surface area contributed by atoms with Gasteiger partial charge in [-0.15, -0.1) is 11.3 Å². The molecule has 100 valence electrons. The van der Waals surface area contributed by atoms with Crippen LogP contribution in [0.2, 0.25) is 5.15 Å². The summed E-state index contributed by atoms with van der Waals surface area (Å²) in [5.74, 6) is 0.196. The predicted molar refractivity (Wildman–Crippen MR) is 77.8 cm³/mol. The van der Waals surface area contributed by atoms with E-state index in [9.17, 15) is 4.79 Å². The normalized spacial score (nSPS) is 10.2. The molecule has 0 fully saturated rings. The summed E-state index contributed by atoms with van der Waals surface area (Å²) in [5.41, 5.74) is 0. The number of anilines is 1. The van der Waals surface area contributed by atoms with Crippen LogP contribution in [0.15, 0.2) is 28.3 Å². The molecule has 0 saturated heterocycles. The Morgan fingerprint density at radius 3 is 3.05 bits per heavy atom. The molecular formula is C11H9BrClN3O2S. The maximum absolute atomic E-state index is 11.7. The van der Waals surface area contributed by atoms with Crippen molar-refractivity contribution in [2.24, 2.45) is 0 Å². The molecule has 0 atom stereocenters. The molecule has 2 aromatic heterocycles. The highest BCUT2D eigenvalue weighted by Crippen LogP contribution is 2.23. The van der Waals surface area contributed by atoms with Crippen LogP contribution < -0.4 is 5.32 Å². The third-order valence-electron chi connectivity index (χ3n) is 2.05. The maximum atomic E-state index is 11.7. The van der Waals surface area contributed by atoms with Crippen molar-refractivity contribution in [2.45, 2.75) is 0 Å². The Morgan fingerprint density at radius 2 is 2.37 bits per heavy atom. The standard InChI is InChI=1S/C11H9BrClN3O2S/c12-7-1-4-19-10(7)11(17)18-3-2-15-9-6-14-5-8(13)16-9/h1,4-6H,2-3H2,(H,15,16). The second kappa shape index (κ2) is 6.83. The van der Waals surface area contributed by atoms with Crippen LogP contribution in [-0.2, 0) is 4.74 Å². The van der Waals surface area contributed by atoms with Crippen molar-refractivity contribution < 1.29 is 9.53 Å². The minimum absolute atomic E-state index is 0.233. The second-order valence-electron chi connectivity index (χ2n) is 3.39. The minimum atomic E-state index is -0.346. The summed E-state index contributed by atoms with van der Waals surface area (Å²) in [6.45, 7) is 0.668. The number of hydrogen-bond acceptors (Lipinski definition) is 6. The molecule has 0 bridgehead atoms. The lowest BCUT2D eigenvalue weighted by atomic mass is 10.5. The Kier molecular flexibility index (Phi) is 5.12. The molecule has 2 heterocycles. The van der Waals surface area contributed by atoms with Crippen LogP contribution in [-0.4, -0.2) is 29.1 Å². The number of rotatable bonds is 5. The number of nitrogens with one attached hydrogen (secondary N) is 1. The van der Waals surface area contributed by atoms with Gasteiger partial charge in [-0.05, 0) is 27.4 Å². The number of thiophene rings is 1. The summed E-state index contributed by atoms with van der Waals surface area (Å²) < 4.78 is 5.86. The summed E-state index contributed by atoms with van der Waals surface area (Å²) in [7, 11) is 0. The van der Waals surface area contributed by atoms with Gasteiger partial charge in [0.1, 0.15) is 22.5 Å². The summed E-state index contributed by atoms with van der Waals surface area (Å²) in [6.07, 6.45) is 2.99. The van der Waals surface area contributed by atoms with Crippen molar-refractivity contribution in [3.63, 3.8) is 0 Å². The molecule has 2 aromatic rings. The van der Waals surface area contributed by atoms with E-state index < -0.39 is 0 Å². The molecule has 0 aliphatic carbocycles. The number of nitrogens with zero attached hydrogens (tertiary/aromatic N) is 2. The summed E-state index contributed by atoms with van der Waals surface area (Å²) >= 11 is 10.3. The van der Waals surface area contributed by atoms with Crippen molar-refractivity contribution in [3.8, 4) is 0 Å². The lowest BCUT2D eigenvalue weighted by Crippen LogP contribution is -2.14. The first-order chi connectivity index (χ1) is 9.16. The van der Waals surface area contributed by atoms with Gasteiger partial charge >= 0.3 is 5.97 Å². The van der Waals surface area contributed by atoms with E-state index in [4.69, 9.17) is 16.3 Å². The zero-order valence-electron chi connectivity index (χ0n) is 9.60. The number of esters is 1. The molecule has 0 radical (unpaired) electrons. The van der Waals surface area contributed by atoms with E-state index >= 15 is 0 Å². The highest BCUT2D eigenvalue weighted by Gasteiger charge is 2.12. The molecule has 0 unspecified atom stereocenters. The van der Waals surface area contributed by atoms with E-state index in [0.29, 0.717) is 22.4 Å². The van der Waals surface area contributed by atoms with Gasteiger partial charge in [0, 0.05) is 4.47 Å². The number of halogens is 2. The van der Waals surface area contributed by atoms with Gasteiger partial charge in [-0.1, -0.05) is 11.6 Å². The Balaban J connectivity index is 1.75. The minimum Gasteiger partial charge on any atom is -0.460 e. The molecule has 8 heteroatoms. The summed E-state index contributed by atoms with van der Waals surface area (Å²) in [4.78, 5) is 20.1. The van der Waals surface area contributed by atoms with Crippen LogP contribution in [0.4, 0.5) is 5.82 Å². The molecular weight excluding hydrogens is 354 g/mol. The fourth-order valence-electron chi connectivity index (χ4n) is 1.26. The third kappa shape index (κ3) is 4.15. The molecule has 0 aromatic carbocycles. The molecule has 19 heavy (non-hydrogen) atoms. The number of hydrogen-bond donors (Lipinski definition) is 1. The second-order valence-corrected chi connectivity index (χ2v) is 5.55. The van der Waals surface area contributed by atoms with Crippen molar-refractivity contribution >= 4 is 50.7 Å². The van der Waals surface area contributed by atoms with Crippen LogP contribution in [0.25, 0.3) is 0 Å². The van der Waals surface area contributed by atoms with Gasteiger partial charge in [-0.2, -0.15) is 0 Å². The predicted octanol–water partition coefficient (Wildman–Crippen LogP) is 3.22. The first kappa shape index (κ1) is 14.2. The van der Waals surface area contributed by atoms with E-state index in [1.165, 1.54) is 17.5 Å². The van der Waals surface area contributed by atoms with Gasteiger partial charge in [0.15, 0.2) is 0 Å². The number of ether oxygens (including phenoxy) is 1. The van der Waals surface area contributed by atoms with E-state index in [-0.39, 0.29) is 12.6 Å². The number of carbonyl (C=O) groups is 1. The van der Waals surface area contributed by atoms with Gasteiger partial charge in [0.05, 0.1) is 18.9 Å². The van der Waals surface area contributed by atoms with Crippen molar-refractivity contribution in [3.05, 3.63) is 38.3 Å². The van der Waals surface area contributed by atoms with Crippen molar-refractivity contribution in [1.29, 1.82) is 0 Å². The molecule has 0 amide bonds. The molecule has 0 aliphatic heterocycles. The Hall–Kier alpha value is -1.18. The smallest absolute Gasteiger partial charge is 0.349 e. The molecule has 1 N–H and O–H groups in total. The van der Waals surface area contributed by atoms with Crippen LogP contribution in [0.3, 0.4) is 0 Å². The Bertz CT molecular complexity index is 579. The van der Waals surface area contributed by atoms with Crippen LogP contribution in [0, 0.1) is 0 Å². The fourth-order valence-corrected chi connectivity index (χ4v) is 2.83. The van der Waals surface area contributed by atoms with Gasteiger partial charge in [0.25, 0.3) is 0 Å². The lowest BCUT2D eigenvalue weighted by molar-refractivity contribution is 0.0525. The Morgan fingerprint density at radius 1 is 1.53 bits per heavy atom. The number of aromatic nitrogens is 2. The van der Waals surface area contributed by atoms with Crippen LogP contribution >= 0.6 is 38.9 Å². The van der Waals surface area contributed by atoms with Crippen LogP contribution in [0.1, 0.15) is 9.67 Å². The average Bonchev–Trinajstić information content (AvgIpc) is 2.81. The van der Waals surface area contributed by atoms with E-state index in [0.717, 1.165) is 4.47 Å².